The first-order valence-electron chi connectivity index (χ1n) is 9.68. The first-order valence-corrected chi connectivity index (χ1v) is 10.6. The Hall–Kier alpha value is -3.20. The Morgan fingerprint density at radius 2 is 2.07 bits per heavy atom. The number of aromatic nitrogens is 4. The van der Waals surface area contributed by atoms with Crippen LogP contribution in [0, 0.1) is 13.8 Å². The second kappa shape index (κ2) is 7.91. The van der Waals surface area contributed by atoms with Crippen LogP contribution in [0.5, 0.6) is 0 Å². The third-order valence-electron chi connectivity index (χ3n) is 5.47. The van der Waals surface area contributed by atoms with E-state index in [1.165, 1.54) is 11.3 Å². The average molecular weight is 426 g/mol. The minimum absolute atomic E-state index is 0.129. The van der Waals surface area contributed by atoms with E-state index in [0.29, 0.717) is 30.8 Å². The SMILES string of the molecule is Cc1nn(C)c(C)c1C(O)=C1C(=O)C(=O)N(CCCn2ccnc2)[C@@H]1c1cccs1. The Morgan fingerprint density at radius 1 is 1.27 bits per heavy atom. The fraction of sp³-hybridized carbons (Fsp3) is 0.333. The quantitative estimate of drug-likeness (QED) is 0.372. The van der Waals surface area contributed by atoms with Crippen molar-refractivity contribution in [3.05, 3.63) is 63.6 Å². The molecule has 0 aromatic carbocycles. The predicted octanol–water partition coefficient (Wildman–Crippen LogP) is 2.81. The fourth-order valence-electron chi connectivity index (χ4n) is 3.95. The van der Waals surface area contributed by atoms with Crippen LogP contribution in [0.1, 0.15) is 34.3 Å². The lowest BCUT2D eigenvalue weighted by atomic mass is 9.99. The largest absolute Gasteiger partial charge is 0.507 e. The second-order valence-corrected chi connectivity index (χ2v) is 8.31. The number of aliphatic hydroxyl groups excluding tert-OH is 1. The van der Waals surface area contributed by atoms with Crippen molar-refractivity contribution in [1.29, 1.82) is 0 Å². The highest BCUT2D eigenvalue weighted by Gasteiger charge is 2.46. The molecule has 1 aliphatic rings. The molecule has 4 heterocycles. The number of ketones is 1. The maximum absolute atomic E-state index is 13.0. The van der Waals surface area contributed by atoms with Gasteiger partial charge in [-0.2, -0.15) is 5.10 Å². The number of amides is 1. The van der Waals surface area contributed by atoms with E-state index in [1.54, 1.807) is 36.1 Å². The summed E-state index contributed by atoms with van der Waals surface area (Å²) in [6.07, 6.45) is 5.95. The van der Waals surface area contributed by atoms with Crippen LogP contribution in [0.3, 0.4) is 0 Å². The molecule has 1 aliphatic heterocycles. The van der Waals surface area contributed by atoms with Crippen molar-refractivity contribution in [3.63, 3.8) is 0 Å². The summed E-state index contributed by atoms with van der Waals surface area (Å²) in [5.41, 5.74) is 1.99. The van der Waals surface area contributed by atoms with E-state index in [0.717, 1.165) is 10.6 Å². The van der Waals surface area contributed by atoms with E-state index in [9.17, 15) is 14.7 Å². The van der Waals surface area contributed by atoms with E-state index in [-0.39, 0.29) is 11.3 Å². The van der Waals surface area contributed by atoms with Crippen molar-refractivity contribution in [1.82, 2.24) is 24.2 Å². The smallest absolute Gasteiger partial charge is 0.295 e. The number of imidazole rings is 1. The molecule has 0 unspecified atom stereocenters. The van der Waals surface area contributed by atoms with Gasteiger partial charge in [-0.25, -0.2) is 4.98 Å². The molecule has 3 aromatic rings. The third-order valence-corrected chi connectivity index (χ3v) is 6.40. The molecule has 1 atom stereocenters. The van der Waals surface area contributed by atoms with Gasteiger partial charge in [-0.3, -0.25) is 14.3 Å². The summed E-state index contributed by atoms with van der Waals surface area (Å²) in [5.74, 6) is -1.40. The highest BCUT2D eigenvalue weighted by atomic mass is 32.1. The van der Waals surface area contributed by atoms with Crippen LogP contribution in [0.2, 0.25) is 0 Å². The summed E-state index contributed by atoms with van der Waals surface area (Å²) >= 11 is 1.46. The number of rotatable bonds is 6. The van der Waals surface area contributed by atoms with Gasteiger partial charge in [-0.05, 0) is 31.7 Å². The van der Waals surface area contributed by atoms with Crippen LogP contribution in [0.15, 0.2) is 41.8 Å². The summed E-state index contributed by atoms with van der Waals surface area (Å²) in [6.45, 7) is 4.69. The highest BCUT2D eigenvalue weighted by Crippen LogP contribution is 2.41. The molecular weight excluding hydrogens is 402 g/mol. The molecule has 30 heavy (non-hydrogen) atoms. The topological polar surface area (TPSA) is 93.2 Å². The number of aliphatic hydroxyl groups is 1. The summed E-state index contributed by atoms with van der Waals surface area (Å²) in [5, 5.41) is 17.4. The van der Waals surface area contributed by atoms with Crippen LogP contribution in [0.4, 0.5) is 0 Å². The van der Waals surface area contributed by atoms with Gasteiger partial charge in [-0.1, -0.05) is 6.07 Å². The summed E-state index contributed by atoms with van der Waals surface area (Å²) in [6, 6.07) is 3.17. The van der Waals surface area contributed by atoms with Gasteiger partial charge in [-0.15, -0.1) is 11.3 Å². The lowest BCUT2D eigenvalue weighted by Crippen LogP contribution is -2.31. The molecule has 0 saturated carbocycles. The third kappa shape index (κ3) is 3.35. The molecule has 0 radical (unpaired) electrons. The maximum Gasteiger partial charge on any atom is 0.295 e. The van der Waals surface area contributed by atoms with Crippen molar-refractivity contribution < 1.29 is 14.7 Å². The van der Waals surface area contributed by atoms with Crippen LogP contribution in [0.25, 0.3) is 5.76 Å². The first-order chi connectivity index (χ1) is 14.4. The van der Waals surface area contributed by atoms with Crippen molar-refractivity contribution in [2.45, 2.75) is 32.9 Å². The number of nitrogens with zero attached hydrogens (tertiary/aromatic N) is 5. The molecule has 3 aromatic heterocycles. The van der Waals surface area contributed by atoms with Crippen LogP contribution in [-0.4, -0.2) is 47.6 Å². The van der Waals surface area contributed by atoms with E-state index < -0.39 is 17.7 Å². The van der Waals surface area contributed by atoms with Gasteiger partial charge >= 0.3 is 0 Å². The molecule has 4 rings (SSSR count). The van der Waals surface area contributed by atoms with Crippen molar-refractivity contribution in [2.75, 3.05) is 6.54 Å². The van der Waals surface area contributed by atoms with E-state index >= 15 is 0 Å². The van der Waals surface area contributed by atoms with E-state index in [4.69, 9.17) is 0 Å². The Morgan fingerprint density at radius 3 is 2.67 bits per heavy atom. The standard InChI is InChI=1S/C21H23N5O3S/c1-13-16(14(2)24(3)23-13)19(27)17-18(15-6-4-11-30-15)26(21(29)20(17)28)9-5-8-25-10-7-22-12-25/h4,6-7,10-12,18,27H,5,8-9H2,1-3H3/t18-/m1/s1. The van der Waals surface area contributed by atoms with Crippen molar-refractivity contribution in [2.24, 2.45) is 7.05 Å². The van der Waals surface area contributed by atoms with E-state index in [2.05, 4.69) is 10.1 Å². The van der Waals surface area contributed by atoms with Gasteiger partial charge in [0.2, 0.25) is 0 Å². The lowest BCUT2D eigenvalue weighted by Gasteiger charge is -2.24. The molecule has 1 amide bonds. The van der Waals surface area contributed by atoms with Gasteiger partial charge in [0.25, 0.3) is 11.7 Å². The molecule has 1 N–H and O–H groups in total. The monoisotopic (exact) mass is 425 g/mol. The number of likely N-dealkylation sites (tertiary alicyclic amines) is 1. The summed E-state index contributed by atoms with van der Waals surface area (Å²) in [4.78, 5) is 32.4. The Balaban J connectivity index is 1.74. The lowest BCUT2D eigenvalue weighted by molar-refractivity contribution is -0.139. The number of carbonyl (C=O) groups excluding carboxylic acids is 2. The molecular formula is C21H23N5O3S. The molecule has 156 valence electrons. The zero-order chi connectivity index (χ0) is 21.4. The van der Waals surface area contributed by atoms with Gasteiger partial charge in [0.1, 0.15) is 5.76 Å². The number of carbonyl (C=O) groups is 2. The van der Waals surface area contributed by atoms with Crippen molar-refractivity contribution >= 4 is 28.8 Å². The molecule has 0 bridgehead atoms. The van der Waals surface area contributed by atoms with Crippen LogP contribution < -0.4 is 0 Å². The van der Waals surface area contributed by atoms with Crippen LogP contribution in [-0.2, 0) is 23.2 Å². The number of thiophene rings is 1. The Bertz CT molecular complexity index is 1110. The minimum Gasteiger partial charge on any atom is -0.507 e. The number of aryl methyl sites for hydroxylation is 3. The van der Waals surface area contributed by atoms with Gasteiger partial charge in [0.15, 0.2) is 0 Å². The van der Waals surface area contributed by atoms with Gasteiger partial charge in [0.05, 0.1) is 29.2 Å². The van der Waals surface area contributed by atoms with Gasteiger partial charge < -0.3 is 14.6 Å². The van der Waals surface area contributed by atoms with Crippen LogP contribution >= 0.6 is 11.3 Å². The Labute approximate surface area is 178 Å². The highest BCUT2D eigenvalue weighted by molar-refractivity contribution is 7.10. The zero-order valence-electron chi connectivity index (χ0n) is 17.1. The summed E-state index contributed by atoms with van der Waals surface area (Å²) in [7, 11) is 1.78. The fourth-order valence-corrected chi connectivity index (χ4v) is 4.79. The Kier molecular flexibility index (Phi) is 5.29. The minimum atomic E-state index is -0.656. The molecule has 1 fully saturated rings. The van der Waals surface area contributed by atoms with E-state index in [1.807, 2.05) is 35.2 Å². The van der Waals surface area contributed by atoms with Gasteiger partial charge in [0, 0.05) is 43.1 Å². The number of hydrogen-bond acceptors (Lipinski definition) is 6. The zero-order valence-corrected chi connectivity index (χ0v) is 17.9. The number of hydrogen-bond donors (Lipinski definition) is 1. The molecule has 1 saturated heterocycles. The van der Waals surface area contributed by atoms with Crippen molar-refractivity contribution in [3.8, 4) is 0 Å². The second-order valence-electron chi connectivity index (χ2n) is 7.33. The maximum atomic E-state index is 13.0. The molecule has 9 heteroatoms. The average Bonchev–Trinajstić information content (AvgIpc) is 3.48. The predicted molar refractivity (Wildman–Crippen MR) is 113 cm³/mol. The molecule has 0 spiro atoms. The summed E-state index contributed by atoms with van der Waals surface area (Å²) < 4.78 is 3.59. The number of Topliss-reactive ketones (excluding diaryl/α,β-unsaturated/α-hetero) is 1. The molecule has 0 aliphatic carbocycles. The first kappa shape index (κ1) is 20.1. The molecule has 8 nitrogen and oxygen atoms in total. The normalized spacial score (nSPS) is 18.5.